The van der Waals surface area contributed by atoms with Crippen LogP contribution in [-0.4, -0.2) is 25.0 Å². The number of carbonyl (C=O) groups is 2. The molecule has 98 valence electrons. The van der Waals surface area contributed by atoms with Crippen molar-refractivity contribution in [2.75, 3.05) is 12.4 Å². The van der Waals surface area contributed by atoms with Crippen LogP contribution in [0.1, 0.15) is 30.1 Å². The third-order valence-corrected chi connectivity index (χ3v) is 2.54. The standard InChI is InChI=1S/C13H18N2O3/c1-3-10(14)8-12(16)15-11-6-4-5-9(7-11)13(17)18-2/h4-7,10H,3,8,14H2,1-2H3,(H,15,16). The second-order valence-electron chi connectivity index (χ2n) is 3.99. The first-order chi connectivity index (χ1) is 8.56. The van der Waals surface area contributed by atoms with Crippen LogP contribution in [0.5, 0.6) is 0 Å². The molecule has 0 spiro atoms. The summed E-state index contributed by atoms with van der Waals surface area (Å²) in [6, 6.07) is 6.44. The van der Waals surface area contributed by atoms with Gasteiger partial charge in [0.2, 0.25) is 5.91 Å². The molecule has 1 amide bonds. The van der Waals surface area contributed by atoms with Crippen LogP contribution in [0.15, 0.2) is 24.3 Å². The Kier molecular flexibility index (Phi) is 5.32. The van der Waals surface area contributed by atoms with E-state index in [0.29, 0.717) is 11.3 Å². The molecule has 1 unspecified atom stereocenters. The number of methoxy groups -OCH3 is 1. The summed E-state index contributed by atoms with van der Waals surface area (Å²) in [5.74, 6) is -0.595. The summed E-state index contributed by atoms with van der Waals surface area (Å²) in [4.78, 5) is 22.9. The number of ether oxygens (including phenoxy) is 1. The lowest BCUT2D eigenvalue weighted by Gasteiger charge is -2.10. The van der Waals surface area contributed by atoms with Gasteiger partial charge in [0.15, 0.2) is 0 Å². The van der Waals surface area contributed by atoms with Gasteiger partial charge in [-0.15, -0.1) is 0 Å². The van der Waals surface area contributed by atoms with Gasteiger partial charge in [-0.05, 0) is 24.6 Å². The van der Waals surface area contributed by atoms with Crippen molar-refractivity contribution in [1.29, 1.82) is 0 Å². The molecule has 0 aromatic heterocycles. The van der Waals surface area contributed by atoms with Crippen molar-refractivity contribution in [2.24, 2.45) is 5.73 Å². The highest BCUT2D eigenvalue weighted by Gasteiger charge is 2.10. The number of nitrogens with one attached hydrogen (secondary N) is 1. The molecule has 1 aromatic carbocycles. The second-order valence-corrected chi connectivity index (χ2v) is 3.99. The first-order valence-corrected chi connectivity index (χ1v) is 5.80. The third-order valence-electron chi connectivity index (χ3n) is 2.54. The number of anilines is 1. The largest absolute Gasteiger partial charge is 0.465 e. The minimum absolute atomic E-state index is 0.145. The van der Waals surface area contributed by atoms with Crippen LogP contribution in [0.2, 0.25) is 0 Å². The molecule has 0 saturated carbocycles. The number of rotatable bonds is 5. The van der Waals surface area contributed by atoms with Crippen LogP contribution >= 0.6 is 0 Å². The zero-order valence-electron chi connectivity index (χ0n) is 10.6. The molecule has 1 rings (SSSR count). The monoisotopic (exact) mass is 250 g/mol. The van der Waals surface area contributed by atoms with E-state index in [-0.39, 0.29) is 18.4 Å². The second kappa shape index (κ2) is 6.76. The molecule has 1 atom stereocenters. The van der Waals surface area contributed by atoms with E-state index in [2.05, 4.69) is 10.1 Å². The minimum Gasteiger partial charge on any atom is -0.465 e. The summed E-state index contributed by atoms with van der Waals surface area (Å²) in [6.45, 7) is 1.93. The number of esters is 1. The van der Waals surface area contributed by atoms with Gasteiger partial charge < -0.3 is 15.8 Å². The Labute approximate surface area is 106 Å². The maximum atomic E-state index is 11.6. The Morgan fingerprint density at radius 3 is 2.78 bits per heavy atom. The van der Waals surface area contributed by atoms with E-state index in [1.807, 2.05) is 6.92 Å². The molecule has 0 aliphatic rings. The van der Waals surface area contributed by atoms with Crippen molar-refractivity contribution in [1.82, 2.24) is 0 Å². The summed E-state index contributed by atoms with van der Waals surface area (Å²) in [5, 5.41) is 2.70. The Hall–Kier alpha value is -1.88. The zero-order chi connectivity index (χ0) is 13.5. The van der Waals surface area contributed by atoms with Crippen molar-refractivity contribution in [2.45, 2.75) is 25.8 Å². The molecule has 0 aliphatic heterocycles. The Morgan fingerprint density at radius 2 is 2.17 bits per heavy atom. The van der Waals surface area contributed by atoms with Crippen molar-refractivity contribution >= 4 is 17.6 Å². The molecule has 0 aliphatic carbocycles. The lowest BCUT2D eigenvalue weighted by atomic mass is 10.1. The van der Waals surface area contributed by atoms with Gasteiger partial charge in [-0.3, -0.25) is 4.79 Å². The number of amides is 1. The van der Waals surface area contributed by atoms with Gasteiger partial charge in [0.1, 0.15) is 0 Å². The lowest BCUT2D eigenvalue weighted by molar-refractivity contribution is -0.116. The molecular weight excluding hydrogens is 232 g/mol. The van der Waals surface area contributed by atoms with E-state index in [9.17, 15) is 9.59 Å². The van der Waals surface area contributed by atoms with Crippen molar-refractivity contribution < 1.29 is 14.3 Å². The summed E-state index contributed by atoms with van der Waals surface area (Å²) >= 11 is 0. The summed E-state index contributed by atoms with van der Waals surface area (Å²) in [5.41, 5.74) is 6.65. The molecule has 5 nitrogen and oxygen atoms in total. The minimum atomic E-state index is -0.434. The summed E-state index contributed by atoms with van der Waals surface area (Å²) in [7, 11) is 1.31. The van der Waals surface area contributed by atoms with Gasteiger partial charge >= 0.3 is 5.97 Å². The highest BCUT2D eigenvalue weighted by atomic mass is 16.5. The van der Waals surface area contributed by atoms with Crippen LogP contribution < -0.4 is 11.1 Å². The average molecular weight is 250 g/mol. The molecular formula is C13H18N2O3. The van der Waals surface area contributed by atoms with Gasteiger partial charge in [-0.2, -0.15) is 0 Å². The molecule has 0 radical (unpaired) electrons. The van der Waals surface area contributed by atoms with Crippen molar-refractivity contribution in [3.8, 4) is 0 Å². The van der Waals surface area contributed by atoms with E-state index in [0.717, 1.165) is 6.42 Å². The molecule has 0 bridgehead atoms. The number of nitrogens with two attached hydrogens (primary N) is 1. The smallest absolute Gasteiger partial charge is 0.337 e. The fourth-order valence-corrected chi connectivity index (χ4v) is 1.44. The Bertz CT molecular complexity index is 432. The Morgan fingerprint density at radius 1 is 1.44 bits per heavy atom. The van der Waals surface area contributed by atoms with Crippen LogP contribution in [-0.2, 0) is 9.53 Å². The number of benzene rings is 1. The summed E-state index contributed by atoms with van der Waals surface area (Å²) in [6.07, 6.45) is 1.01. The zero-order valence-corrected chi connectivity index (χ0v) is 10.6. The number of hydrogen-bond acceptors (Lipinski definition) is 4. The molecule has 0 heterocycles. The van der Waals surface area contributed by atoms with Crippen molar-refractivity contribution in [3.05, 3.63) is 29.8 Å². The van der Waals surface area contributed by atoms with Gasteiger partial charge in [0.05, 0.1) is 12.7 Å². The maximum Gasteiger partial charge on any atom is 0.337 e. The quantitative estimate of drug-likeness (QED) is 0.777. The first-order valence-electron chi connectivity index (χ1n) is 5.80. The topological polar surface area (TPSA) is 81.4 Å². The Balaban J connectivity index is 2.67. The number of hydrogen-bond donors (Lipinski definition) is 2. The molecule has 3 N–H and O–H groups in total. The molecule has 5 heteroatoms. The predicted octanol–water partition coefficient (Wildman–Crippen LogP) is 1.54. The van der Waals surface area contributed by atoms with E-state index in [1.54, 1.807) is 24.3 Å². The average Bonchev–Trinajstić information content (AvgIpc) is 2.37. The first kappa shape index (κ1) is 14.2. The van der Waals surface area contributed by atoms with E-state index < -0.39 is 5.97 Å². The maximum absolute atomic E-state index is 11.6. The summed E-state index contributed by atoms with van der Waals surface area (Å²) < 4.78 is 4.61. The molecule has 18 heavy (non-hydrogen) atoms. The highest BCUT2D eigenvalue weighted by molar-refractivity contribution is 5.94. The molecule has 1 aromatic rings. The van der Waals surface area contributed by atoms with Crippen molar-refractivity contribution in [3.63, 3.8) is 0 Å². The lowest BCUT2D eigenvalue weighted by Crippen LogP contribution is -2.26. The SMILES string of the molecule is CCC(N)CC(=O)Nc1cccc(C(=O)OC)c1. The van der Waals surface area contributed by atoms with Gasteiger partial charge in [-0.25, -0.2) is 4.79 Å². The van der Waals surface area contributed by atoms with Crippen LogP contribution in [0.3, 0.4) is 0 Å². The van der Waals surface area contributed by atoms with Crippen LogP contribution in [0.4, 0.5) is 5.69 Å². The van der Waals surface area contributed by atoms with Crippen LogP contribution in [0.25, 0.3) is 0 Å². The van der Waals surface area contributed by atoms with Gasteiger partial charge in [0, 0.05) is 18.2 Å². The van der Waals surface area contributed by atoms with Crippen LogP contribution in [0, 0.1) is 0 Å². The normalized spacial score (nSPS) is 11.7. The number of carbonyl (C=O) groups excluding carboxylic acids is 2. The molecule has 0 saturated heterocycles. The van der Waals surface area contributed by atoms with E-state index >= 15 is 0 Å². The van der Waals surface area contributed by atoms with Gasteiger partial charge in [-0.1, -0.05) is 13.0 Å². The highest BCUT2D eigenvalue weighted by Crippen LogP contribution is 2.12. The van der Waals surface area contributed by atoms with E-state index in [4.69, 9.17) is 5.73 Å². The fourth-order valence-electron chi connectivity index (χ4n) is 1.44. The molecule has 0 fully saturated rings. The third kappa shape index (κ3) is 4.18. The predicted molar refractivity (Wildman–Crippen MR) is 69.3 cm³/mol. The van der Waals surface area contributed by atoms with Gasteiger partial charge in [0.25, 0.3) is 0 Å². The van der Waals surface area contributed by atoms with E-state index in [1.165, 1.54) is 7.11 Å². The fraction of sp³-hybridized carbons (Fsp3) is 0.385.